The third-order valence-corrected chi connectivity index (χ3v) is 3.66. The molecule has 1 atom stereocenters. The Balaban J connectivity index is 0.00000180. The summed E-state index contributed by atoms with van der Waals surface area (Å²) in [5.41, 5.74) is 1.17. The fraction of sp³-hybridized carbons (Fsp3) is 0.357. The molecule has 0 spiro atoms. The SMILES string of the molecule is CN(C)C(C)(Cc1c[nH]c2ccccc12)C(=O)O.[InH3]. The molecule has 1 unspecified atom stereocenters. The van der Waals surface area contributed by atoms with Crippen LogP contribution >= 0.6 is 0 Å². The van der Waals surface area contributed by atoms with E-state index in [1.807, 2.05) is 30.5 Å². The number of carbonyl (C=O) groups is 1. The predicted molar refractivity (Wildman–Crippen MR) is 81.7 cm³/mol. The molecule has 2 N–H and O–H groups in total. The molecule has 0 saturated carbocycles. The van der Waals surface area contributed by atoms with Gasteiger partial charge in [-0.1, -0.05) is 18.2 Å². The summed E-state index contributed by atoms with van der Waals surface area (Å²) >= 11 is 0. The Morgan fingerprint density at radius 2 is 2.00 bits per heavy atom. The van der Waals surface area contributed by atoms with Crippen LogP contribution < -0.4 is 0 Å². The van der Waals surface area contributed by atoms with E-state index in [1.54, 1.807) is 25.9 Å². The van der Waals surface area contributed by atoms with E-state index < -0.39 is 11.5 Å². The molecule has 0 fully saturated rings. The number of para-hydroxylation sites is 1. The first-order valence-corrected chi connectivity index (χ1v) is 5.91. The number of carboxylic acid groups (broad SMARTS) is 1. The van der Waals surface area contributed by atoms with Gasteiger partial charge in [0, 0.05) is 23.5 Å². The Morgan fingerprint density at radius 1 is 1.37 bits per heavy atom. The third kappa shape index (κ3) is 2.98. The average Bonchev–Trinajstić information content (AvgIpc) is 2.72. The van der Waals surface area contributed by atoms with E-state index in [1.165, 1.54) is 0 Å². The van der Waals surface area contributed by atoms with Crippen molar-refractivity contribution in [2.45, 2.75) is 18.9 Å². The topological polar surface area (TPSA) is 56.3 Å². The zero-order valence-corrected chi connectivity index (χ0v) is 10.9. The summed E-state index contributed by atoms with van der Waals surface area (Å²) in [6, 6.07) is 7.93. The number of likely N-dealkylation sites (N-methyl/N-ethyl adjacent to an activating group) is 1. The summed E-state index contributed by atoms with van der Waals surface area (Å²) in [4.78, 5) is 16.4. The number of nitrogens with one attached hydrogen (secondary N) is 1. The van der Waals surface area contributed by atoms with Gasteiger partial charge in [0.25, 0.3) is 0 Å². The van der Waals surface area contributed by atoms with Crippen LogP contribution in [0.4, 0.5) is 0 Å². The first-order chi connectivity index (χ1) is 8.45. The Hall–Kier alpha value is -0.940. The molecular weight excluding hydrogens is 343 g/mol. The molecule has 0 bridgehead atoms. The van der Waals surface area contributed by atoms with Crippen molar-refractivity contribution in [1.29, 1.82) is 0 Å². The van der Waals surface area contributed by atoms with Crippen LogP contribution in [0.1, 0.15) is 12.5 Å². The van der Waals surface area contributed by atoms with Crippen LogP contribution in [0.2, 0.25) is 0 Å². The van der Waals surface area contributed by atoms with Gasteiger partial charge in [-0.05, 0) is 32.6 Å². The molecule has 0 radical (unpaired) electrons. The molecule has 0 amide bonds. The molecule has 1 heterocycles. The van der Waals surface area contributed by atoms with E-state index >= 15 is 0 Å². The van der Waals surface area contributed by atoms with Crippen LogP contribution in [0.25, 0.3) is 10.9 Å². The molecule has 5 heteroatoms. The van der Waals surface area contributed by atoms with E-state index in [0.717, 1.165) is 16.5 Å². The van der Waals surface area contributed by atoms with E-state index in [0.29, 0.717) is 6.42 Å². The van der Waals surface area contributed by atoms with Crippen LogP contribution in [0, 0.1) is 0 Å². The van der Waals surface area contributed by atoms with Crippen molar-refractivity contribution >= 4 is 42.7 Å². The number of aliphatic carboxylic acids is 1. The summed E-state index contributed by atoms with van der Waals surface area (Å²) in [5.74, 6) is -0.808. The predicted octanol–water partition coefficient (Wildman–Crippen LogP) is 0.931. The summed E-state index contributed by atoms with van der Waals surface area (Å²) in [6.07, 6.45) is 2.37. The molecule has 0 aliphatic heterocycles. The van der Waals surface area contributed by atoms with E-state index in [4.69, 9.17) is 0 Å². The summed E-state index contributed by atoms with van der Waals surface area (Å²) in [5, 5.41) is 10.5. The quantitative estimate of drug-likeness (QED) is 0.849. The number of H-pyrrole nitrogens is 1. The van der Waals surface area contributed by atoms with Gasteiger partial charge >= 0.3 is 31.8 Å². The first-order valence-electron chi connectivity index (χ1n) is 5.91. The Kier molecular flexibility index (Phi) is 5.10. The van der Waals surface area contributed by atoms with Gasteiger partial charge < -0.3 is 10.1 Å². The molecule has 1 aromatic heterocycles. The zero-order chi connectivity index (χ0) is 13.3. The number of rotatable bonds is 4. The van der Waals surface area contributed by atoms with Crippen molar-refractivity contribution < 1.29 is 9.90 Å². The molecule has 0 saturated heterocycles. The van der Waals surface area contributed by atoms with Gasteiger partial charge in [0.1, 0.15) is 5.54 Å². The second-order valence-corrected chi connectivity index (χ2v) is 5.01. The van der Waals surface area contributed by atoms with Crippen LogP contribution in [0.3, 0.4) is 0 Å². The second-order valence-electron chi connectivity index (χ2n) is 5.01. The van der Waals surface area contributed by atoms with Crippen LogP contribution in [0.15, 0.2) is 30.5 Å². The Morgan fingerprint density at radius 3 is 2.58 bits per heavy atom. The van der Waals surface area contributed by atoms with E-state index in [-0.39, 0.29) is 25.8 Å². The molecule has 0 aliphatic carbocycles. The molecular formula is C14H21InN2O2. The normalized spacial score (nSPS) is 14.1. The van der Waals surface area contributed by atoms with Crippen molar-refractivity contribution in [3.05, 3.63) is 36.0 Å². The van der Waals surface area contributed by atoms with Crippen molar-refractivity contribution in [2.24, 2.45) is 0 Å². The maximum absolute atomic E-state index is 11.5. The minimum atomic E-state index is -0.898. The van der Waals surface area contributed by atoms with Gasteiger partial charge in [0.2, 0.25) is 0 Å². The maximum atomic E-state index is 11.5. The second kappa shape index (κ2) is 6.01. The summed E-state index contributed by atoms with van der Waals surface area (Å²) < 4.78 is 0. The van der Waals surface area contributed by atoms with Gasteiger partial charge in [0.15, 0.2) is 0 Å². The number of benzene rings is 1. The van der Waals surface area contributed by atoms with Crippen LogP contribution in [-0.2, 0) is 11.2 Å². The standard InChI is InChI=1S/C14H18N2O2.In.3H/c1-14(13(17)18,16(2)3)8-10-9-15-12-7-5-4-6-11(10)12;;;;/h4-7,9,15H,8H2,1-3H3,(H,17,18);;;;. The number of aromatic nitrogens is 1. The summed E-state index contributed by atoms with van der Waals surface area (Å²) in [6.45, 7) is 1.75. The molecule has 0 aliphatic rings. The molecule has 2 rings (SSSR count). The Labute approximate surface area is 131 Å². The number of hydrogen-bond donors (Lipinski definition) is 2. The van der Waals surface area contributed by atoms with Gasteiger partial charge in [0.05, 0.1) is 0 Å². The molecule has 2 aromatic rings. The fourth-order valence-electron chi connectivity index (χ4n) is 2.07. The van der Waals surface area contributed by atoms with Gasteiger partial charge in [-0.15, -0.1) is 0 Å². The third-order valence-electron chi connectivity index (χ3n) is 3.66. The van der Waals surface area contributed by atoms with Crippen LogP contribution in [-0.4, -0.2) is 66.4 Å². The number of carboxylic acids is 1. The Bertz CT molecular complexity index is 580. The van der Waals surface area contributed by atoms with Crippen molar-refractivity contribution in [3.8, 4) is 0 Å². The summed E-state index contributed by atoms with van der Waals surface area (Å²) in [7, 11) is 3.59. The van der Waals surface area contributed by atoms with Crippen molar-refractivity contribution in [2.75, 3.05) is 14.1 Å². The van der Waals surface area contributed by atoms with Crippen molar-refractivity contribution in [3.63, 3.8) is 0 Å². The number of nitrogens with zero attached hydrogens (tertiary/aromatic N) is 1. The fourth-order valence-corrected chi connectivity index (χ4v) is 2.07. The molecule has 4 nitrogen and oxygen atoms in total. The molecule has 1 aromatic carbocycles. The minimum absolute atomic E-state index is 0. The average molecular weight is 364 g/mol. The zero-order valence-electron chi connectivity index (χ0n) is 10.9. The van der Waals surface area contributed by atoms with Gasteiger partial charge in [-0.2, -0.15) is 0 Å². The van der Waals surface area contributed by atoms with E-state index in [2.05, 4.69) is 4.98 Å². The molecule has 19 heavy (non-hydrogen) atoms. The van der Waals surface area contributed by atoms with E-state index in [9.17, 15) is 9.90 Å². The molecule has 102 valence electrons. The number of hydrogen-bond acceptors (Lipinski definition) is 2. The van der Waals surface area contributed by atoms with Crippen LogP contribution in [0.5, 0.6) is 0 Å². The van der Waals surface area contributed by atoms with Crippen molar-refractivity contribution in [1.82, 2.24) is 9.88 Å². The van der Waals surface area contributed by atoms with Gasteiger partial charge in [-0.25, -0.2) is 0 Å². The first kappa shape index (κ1) is 16.1. The monoisotopic (exact) mass is 364 g/mol. The van der Waals surface area contributed by atoms with Gasteiger partial charge in [-0.3, -0.25) is 9.69 Å². The number of fused-ring (bicyclic) bond motifs is 1. The number of aromatic amines is 1.